The fourth-order valence-electron chi connectivity index (χ4n) is 3.93. The molecule has 8 nitrogen and oxygen atoms in total. The Labute approximate surface area is 167 Å². The normalized spacial score (nSPS) is 17.0. The van der Waals surface area contributed by atoms with Crippen LogP contribution >= 0.6 is 0 Å². The molecule has 4 aromatic rings. The van der Waals surface area contributed by atoms with Crippen LogP contribution in [0.15, 0.2) is 54.9 Å². The standard InChI is InChI=1S/C21H21N7O/c29-20(12-15-7-9-17(10-8-15)28-14-22-25-26-28)27-11-3-4-16(13-27)21-23-18-5-1-2-6-19(18)24-21/h1-2,5-10,14,16H,3-4,11-13H2,(H,23,24). The molecule has 0 aliphatic carbocycles. The first-order valence-corrected chi connectivity index (χ1v) is 9.81. The Morgan fingerprint density at radius 1 is 1.14 bits per heavy atom. The number of aromatic amines is 1. The van der Waals surface area contributed by atoms with Gasteiger partial charge in [0.2, 0.25) is 5.91 Å². The van der Waals surface area contributed by atoms with Crippen molar-refractivity contribution in [2.75, 3.05) is 13.1 Å². The summed E-state index contributed by atoms with van der Waals surface area (Å²) in [5.41, 5.74) is 3.88. The molecule has 0 radical (unpaired) electrons. The number of tetrazole rings is 1. The van der Waals surface area contributed by atoms with Gasteiger partial charge in [0.1, 0.15) is 12.2 Å². The lowest BCUT2D eigenvalue weighted by molar-refractivity contribution is -0.131. The number of aromatic nitrogens is 6. The summed E-state index contributed by atoms with van der Waals surface area (Å²) in [5, 5.41) is 11.2. The molecule has 1 fully saturated rings. The van der Waals surface area contributed by atoms with E-state index < -0.39 is 0 Å². The fourth-order valence-corrected chi connectivity index (χ4v) is 3.93. The molecule has 2 aromatic heterocycles. The minimum absolute atomic E-state index is 0.154. The summed E-state index contributed by atoms with van der Waals surface area (Å²) in [6.07, 6.45) is 3.98. The van der Waals surface area contributed by atoms with Crippen LogP contribution < -0.4 is 0 Å². The predicted molar refractivity (Wildman–Crippen MR) is 108 cm³/mol. The molecule has 3 heterocycles. The lowest BCUT2D eigenvalue weighted by atomic mass is 9.96. The highest BCUT2D eigenvalue weighted by molar-refractivity contribution is 5.79. The van der Waals surface area contributed by atoms with E-state index in [4.69, 9.17) is 4.98 Å². The highest BCUT2D eigenvalue weighted by Crippen LogP contribution is 2.27. The van der Waals surface area contributed by atoms with Gasteiger partial charge in [-0.05, 0) is 53.1 Å². The molecule has 146 valence electrons. The van der Waals surface area contributed by atoms with Gasteiger partial charge in [-0.3, -0.25) is 4.79 Å². The molecular weight excluding hydrogens is 366 g/mol. The lowest BCUT2D eigenvalue weighted by Crippen LogP contribution is -2.40. The average molecular weight is 387 g/mol. The summed E-state index contributed by atoms with van der Waals surface area (Å²) in [5.74, 6) is 1.39. The average Bonchev–Trinajstić information content (AvgIpc) is 3.44. The largest absolute Gasteiger partial charge is 0.342 e. The SMILES string of the molecule is O=C(Cc1ccc(-n2cnnn2)cc1)N1CCCC(c2nc3ccccc3[nH]2)C1. The molecule has 0 spiro atoms. The van der Waals surface area contributed by atoms with Crippen LogP contribution in [0.3, 0.4) is 0 Å². The number of para-hydroxylation sites is 2. The molecule has 1 amide bonds. The predicted octanol–water partition coefficient (Wildman–Crippen LogP) is 2.49. The summed E-state index contributed by atoms with van der Waals surface area (Å²) in [6.45, 7) is 1.51. The summed E-state index contributed by atoms with van der Waals surface area (Å²) < 4.78 is 1.59. The summed E-state index contributed by atoms with van der Waals surface area (Å²) in [4.78, 5) is 23.0. The van der Waals surface area contributed by atoms with Crippen molar-refractivity contribution in [1.82, 2.24) is 35.1 Å². The molecule has 0 saturated carbocycles. The maximum absolute atomic E-state index is 12.9. The van der Waals surface area contributed by atoms with Crippen molar-refractivity contribution >= 4 is 16.9 Å². The molecule has 1 N–H and O–H groups in total. The molecule has 29 heavy (non-hydrogen) atoms. The summed E-state index contributed by atoms with van der Waals surface area (Å²) in [6, 6.07) is 15.8. The zero-order valence-electron chi connectivity index (χ0n) is 15.9. The summed E-state index contributed by atoms with van der Waals surface area (Å²) >= 11 is 0. The Balaban J connectivity index is 1.26. The number of imidazole rings is 1. The Morgan fingerprint density at radius 3 is 2.79 bits per heavy atom. The second-order valence-electron chi connectivity index (χ2n) is 7.42. The van der Waals surface area contributed by atoms with E-state index in [1.54, 1.807) is 11.0 Å². The fraction of sp³-hybridized carbons (Fsp3) is 0.286. The molecule has 1 unspecified atom stereocenters. The Hall–Kier alpha value is -3.55. The van der Waals surface area contributed by atoms with Crippen LogP contribution in [0.1, 0.15) is 30.1 Å². The molecular formula is C21H21N7O. The van der Waals surface area contributed by atoms with Crippen LogP contribution in [0.5, 0.6) is 0 Å². The Morgan fingerprint density at radius 2 is 2.00 bits per heavy atom. The summed E-state index contributed by atoms with van der Waals surface area (Å²) in [7, 11) is 0. The van der Waals surface area contributed by atoms with Gasteiger partial charge in [-0.1, -0.05) is 24.3 Å². The van der Waals surface area contributed by atoms with Crippen LogP contribution in [0.4, 0.5) is 0 Å². The molecule has 0 bridgehead atoms. The van der Waals surface area contributed by atoms with Crippen molar-refractivity contribution in [2.24, 2.45) is 0 Å². The third-order valence-electron chi connectivity index (χ3n) is 5.47. The minimum Gasteiger partial charge on any atom is -0.342 e. The van der Waals surface area contributed by atoms with Crippen molar-refractivity contribution in [2.45, 2.75) is 25.2 Å². The van der Waals surface area contributed by atoms with Crippen LogP contribution in [0, 0.1) is 0 Å². The second kappa shape index (κ2) is 7.46. The van der Waals surface area contributed by atoms with Crippen LogP contribution in [0.2, 0.25) is 0 Å². The van der Waals surface area contributed by atoms with E-state index in [0.717, 1.165) is 47.5 Å². The molecule has 2 aromatic carbocycles. The number of H-pyrrole nitrogens is 1. The third-order valence-corrected chi connectivity index (χ3v) is 5.47. The minimum atomic E-state index is 0.154. The van der Waals surface area contributed by atoms with Crippen LogP contribution in [0.25, 0.3) is 16.7 Å². The van der Waals surface area contributed by atoms with Gasteiger partial charge < -0.3 is 9.88 Å². The van der Waals surface area contributed by atoms with Gasteiger partial charge in [-0.2, -0.15) is 0 Å². The topological polar surface area (TPSA) is 92.6 Å². The van der Waals surface area contributed by atoms with Crippen molar-refractivity contribution in [3.63, 3.8) is 0 Å². The number of nitrogens with one attached hydrogen (secondary N) is 1. The first-order chi connectivity index (χ1) is 14.3. The van der Waals surface area contributed by atoms with Gasteiger partial charge >= 0.3 is 0 Å². The zero-order valence-corrected chi connectivity index (χ0v) is 15.9. The number of fused-ring (bicyclic) bond motifs is 1. The maximum Gasteiger partial charge on any atom is 0.227 e. The number of nitrogens with zero attached hydrogens (tertiary/aromatic N) is 6. The Kier molecular flexibility index (Phi) is 4.51. The van der Waals surface area contributed by atoms with Crippen molar-refractivity contribution in [1.29, 1.82) is 0 Å². The van der Waals surface area contributed by atoms with E-state index >= 15 is 0 Å². The van der Waals surface area contributed by atoms with E-state index in [0.29, 0.717) is 13.0 Å². The highest BCUT2D eigenvalue weighted by Gasteiger charge is 2.26. The van der Waals surface area contributed by atoms with Gasteiger partial charge in [0.25, 0.3) is 0 Å². The third kappa shape index (κ3) is 3.61. The second-order valence-corrected chi connectivity index (χ2v) is 7.42. The quantitative estimate of drug-likeness (QED) is 0.581. The first kappa shape index (κ1) is 17.5. The number of hydrogen-bond acceptors (Lipinski definition) is 5. The van der Waals surface area contributed by atoms with Crippen LogP contribution in [-0.4, -0.2) is 54.1 Å². The van der Waals surface area contributed by atoms with E-state index in [-0.39, 0.29) is 11.8 Å². The number of benzene rings is 2. The van der Waals surface area contributed by atoms with E-state index in [9.17, 15) is 4.79 Å². The number of amides is 1. The van der Waals surface area contributed by atoms with Gasteiger partial charge in [0.05, 0.1) is 23.1 Å². The van der Waals surface area contributed by atoms with Gasteiger partial charge in [-0.15, -0.1) is 5.10 Å². The number of piperidine rings is 1. The molecule has 5 rings (SSSR count). The molecule has 8 heteroatoms. The molecule has 1 aliphatic rings. The zero-order chi connectivity index (χ0) is 19.6. The lowest BCUT2D eigenvalue weighted by Gasteiger charge is -2.32. The van der Waals surface area contributed by atoms with Gasteiger partial charge in [0, 0.05) is 19.0 Å². The van der Waals surface area contributed by atoms with Crippen molar-refractivity contribution in [3.05, 3.63) is 66.2 Å². The number of hydrogen-bond donors (Lipinski definition) is 1. The van der Waals surface area contributed by atoms with E-state index in [1.807, 2.05) is 53.4 Å². The van der Waals surface area contributed by atoms with Crippen molar-refractivity contribution < 1.29 is 4.79 Å². The van der Waals surface area contributed by atoms with Crippen LogP contribution in [-0.2, 0) is 11.2 Å². The number of likely N-dealkylation sites (tertiary alicyclic amines) is 1. The molecule has 1 atom stereocenters. The molecule has 1 saturated heterocycles. The first-order valence-electron chi connectivity index (χ1n) is 9.81. The monoisotopic (exact) mass is 387 g/mol. The Bertz CT molecular complexity index is 1080. The van der Waals surface area contributed by atoms with Gasteiger partial charge in [-0.25, -0.2) is 9.67 Å². The molecule has 1 aliphatic heterocycles. The van der Waals surface area contributed by atoms with E-state index in [2.05, 4.69) is 20.5 Å². The number of rotatable bonds is 4. The van der Waals surface area contributed by atoms with Crippen molar-refractivity contribution in [3.8, 4) is 5.69 Å². The highest BCUT2D eigenvalue weighted by atomic mass is 16.2. The van der Waals surface area contributed by atoms with E-state index in [1.165, 1.54) is 0 Å². The number of carbonyl (C=O) groups is 1. The maximum atomic E-state index is 12.9. The number of carbonyl (C=O) groups excluding carboxylic acids is 1. The smallest absolute Gasteiger partial charge is 0.227 e. The van der Waals surface area contributed by atoms with Gasteiger partial charge in [0.15, 0.2) is 0 Å².